The molecule has 1 aromatic heterocycles. The van der Waals surface area contributed by atoms with Gasteiger partial charge in [0.2, 0.25) is 0 Å². The van der Waals surface area contributed by atoms with Gasteiger partial charge in [-0.05, 0) is 47.1 Å². The Balaban J connectivity index is 1.96. The largest absolute Gasteiger partial charge is 0.441 e. The first-order valence-corrected chi connectivity index (χ1v) is 7.87. The third kappa shape index (κ3) is 4.33. The SMILES string of the molecule is CC(C)NCCCc1ncc(-c2ccc(Cl)c(Br)c2)o1. The van der Waals surface area contributed by atoms with Crippen LogP contribution in [0.25, 0.3) is 11.3 Å². The average Bonchev–Trinajstić information content (AvgIpc) is 2.86. The van der Waals surface area contributed by atoms with E-state index in [1.54, 1.807) is 6.20 Å². The van der Waals surface area contributed by atoms with Crippen molar-refractivity contribution in [2.45, 2.75) is 32.7 Å². The highest BCUT2D eigenvalue weighted by molar-refractivity contribution is 9.10. The fourth-order valence-corrected chi connectivity index (χ4v) is 2.34. The Morgan fingerprint density at radius 2 is 2.20 bits per heavy atom. The summed E-state index contributed by atoms with van der Waals surface area (Å²) in [6.45, 7) is 5.26. The first-order chi connectivity index (χ1) is 9.56. The zero-order chi connectivity index (χ0) is 14.5. The standard InChI is InChI=1S/C15H18BrClN2O/c1-10(2)18-7-3-4-15-19-9-14(20-15)11-5-6-13(17)12(16)8-11/h5-6,8-10,18H,3-4,7H2,1-2H3. The second-order valence-corrected chi connectivity index (χ2v) is 6.22. The lowest BCUT2D eigenvalue weighted by atomic mass is 10.2. The van der Waals surface area contributed by atoms with Gasteiger partial charge in [-0.1, -0.05) is 25.4 Å². The van der Waals surface area contributed by atoms with E-state index in [0.717, 1.165) is 41.1 Å². The van der Waals surface area contributed by atoms with Gasteiger partial charge in [0.15, 0.2) is 11.7 Å². The van der Waals surface area contributed by atoms with Crippen LogP contribution in [0.15, 0.2) is 33.3 Å². The maximum absolute atomic E-state index is 5.98. The zero-order valence-electron chi connectivity index (χ0n) is 11.6. The van der Waals surface area contributed by atoms with Crippen LogP contribution >= 0.6 is 27.5 Å². The van der Waals surface area contributed by atoms with Gasteiger partial charge >= 0.3 is 0 Å². The van der Waals surface area contributed by atoms with Gasteiger partial charge in [0.25, 0.3) is 0 Å². The molecule has 2 rings (SSSR count). The summed E-state index contributed by atoms with van der Waals surface area (Å²) in [5.74, 6) is 1.55. The number of benzene rings is 1. The Bertz CT molecular complexity index is 569. The molecule has 0 atom stereocenters. The normalized spacial score (nSPS) is 11.2. The summed E-state index contributed by atoms with van der Waals surface area (Å²) in [4.78, 5) is 4.32. The molecular formula is C15H18BrClN2O. The van der Waals surface area contributed by atoms with E-state index in [0.29, 0.717) is 11.1 Å². The van der Waals surface area contributed by atoms with E-state index in [9.17, 15) is 0 Å². The highest BCUT2D eigenvalue weighted by atomic mass is 79.9. The van der Waals surface area contributed by atoms with Crippen LogP contribution in [0.5, 0.6) is 0 Å². The molecule has 0 unspecified atom stereocenters. The fraction of sp³-hybridized carbons (Fsp3) is 0.400. The molecular weight excluding hydrogens is 340 g/mol. The molecule has 0 amide bonds. The zero-order valence-corrected chi connectivity index (χ0v) is 14.0. The van der Waals surface area contributed by atoms with Gasteiger partial charge in [-0.15, -0.1) is 0 Å². The highest BCUT2D eigenvalue weighted by Gasteiger charge is 2.08. The molecule has 0 fully saturated rings. The lowest BCUT2D eigenvalue weighted by Gasteiger charge is -2.05. The summed E-state index contributed by atoms with van der Waals surface area (Å²) in [6, 6.07) is 6.22. The Morgan fingerprint density at radius 1 is 1.40 bits per heavy atom. The van der Waals surface area contributed by atoms with E-state index in [1.807, 2.05) is 18.2 Å². The number of hydrogen-bond donors (Lipinski definition) is 1. The van der Waals surface area contributed by atoms with Gasteiger partial charge in [-0.2, -0.15) is 0 Å². The molecule has 0 bridgehead atoms. The van der Waals surface area contributed by atoms with Gasteiger partial charge in [0, 0.05) is 22.5 Å². The van der Waals surface area contributed by atoms with Crippen molar-refractivity contribution in [2.24, 2.45) is 0 Å². The van der Waals surface area contributed by atoms with Gasteiger partial charge in [-0.25, -0.2) is 4.98 Å². The highest BCUT2D eigenvalue weighted by Crippen LogP contribution is 2.29. The van der Waals surface area contributed by atoms with Crippen LogP contribution in [0.3, 0.4) is 0 Å². The number of rotatable bonds is 6. The molecule has 2 aromatic rings. The van der Waals surface area contributed by atoms with Crippen molar-refractivity contribution < 1.29 is 4.42 Å². The Hall–Kier alpha value is -0.840. The van der Waals surface area contributed by atoms with Crippen molar-refractivity contribution in [3.05, 3.63) is 39.8 Å². The summed E-state index contributed by atoms with van der Waals surface area (Å²) in [7, 11) is 0. The quantitative estimate of drug-likeness (QED) is 0.762. The summed E-state index contributed by atoms with van der Waals surface area (Å²) < 4.78 is 6.63. The van der Waals surface area contributed by atoms with Crippen molar-refractivity contribution in [1.82, 2.24) is 10.3 Å². The van der Waals surface area contributed by atoms with E-state index in [-0.39, 0.29) is 0 Å². The second-order valence-electron chi connectivity index (χ2n) is 4.96. The third-order valence-electron chi connectivity index (χ3n) is 2.88. The van der Waals surface area contributed by atoms with Crippen LogP contribution in [-0.2, 0) is 6.42 Å². The number of halogens is 2. The van der Waals surface area contributed by atoms with Crippen LogP contribution in [0.2, 0.25) is 5.02 Å². The molecule has 0 aliphatic carbocycles. The lowest BCUT2D eigenvalue weighted by Crippen LogP contribution is -2.23. The molecule has 0 aliphatic rings. The van der Waals surface area contributed by atoms with Crippen molar-refractivity contribution in [2.75, 3.05) is 6.54 Å². The molecule has 20 heavy (non-hydrogen) atoms. The summed E-state index contributed by atoms with van der Waals surface area (Å²) in [5.41, 5.74) is 0.973. The number of hydrogen-bond acceptors (Lipinski definition) is 3. The average molecular weight is 358 g/mol. The van der Waals surface area contributed by atoms with E-state index in [2.05, 4.69) is 40.1 Å². The third-order valence-corrected chi connectivity index (χ3v) is 4.09. The Labute approximate surface area is 132 Å². The number of nitrogens with zero attached hydrogens (tertiary/aromatic N) is 1. The van der Waals surface area contributed by atoms with Crippen molar-refractivity contribution in [3.8, 4) is 11.3 Å². The minimum Gasteiger partial charge on any atom is -0.441 e. The van der Waals surface area contributed by atoms with Gasteiger partial charge < -0.3 is 9.73 Å². The van der Waals surface area contributed by atoms with E-state index in [4.69, 9.17) is 16.0 Å². The predicted octanol–water partition coefficient (Wildman–Crippen LogP) is 4.69. The van der Waals surface area contributed by atoms with E-state index < -0.39 is 0 Å². The maximum atomic E-state index is 5.98. The summed E-state index contributed by atoms with van der Waals surface area (Å²) in [5, 5.41) is 4.07. The summed E-state index contributed by atoms with van der Waals surface area (Å²) >= 11 is 9.40. The molecule has 1 heterocycles. The molecule has 0 aliphatic heterocycles. The molecule has 3 nitrogen and oxygen atoms in total. The minimum absolute atomic E-state index is 0.515. The van der Waals surface area contributed by atoms with Crippen LogP contribution in [0.4, 0.5) is 0 Å². The molecule has 0 saturated heterocycles. The van der Waals surface area contributed by atoms with Crippen LogP contribution < -0.4 is 5.32 Å². The van der Waals surface area contributed by atoms with E-state index >= 15 is 0 Å². The van der Waals surface area contributed by atoms with Gasteiger partial charge in [0.1, 0.15) is 0 Å². The minimum atomic E-state index is 0.515. The lowest BCUT2D eigenvalue weighted by molar-refractivity contribution is 0.484. The molecule has 5 heteroatoms. The molecule has 108 valence electrons. The van der Waals surface area contributed by atoms with Crippen molar-refractivity contribution >= 4 is 27.5 Å². The number of aryl methyl sites for hydroxylation is 1. The topological polar surface area (TPSA) is 38.1 Å². The molecule has 0 spiro atoms. The number of aromatic nitrogens is 1. The molecule has 0 radical (unpaired) electrons. The van der Waals surface area contributed by atoms with Gasteiger partial charge in [-0.3, -0.25) is 0 Å². The predicted molar refractivity (Wildman–Crippen MR) is 86.1 cm³/mol. The molecule has 1 N–H and O–H groups in total. The monoisotopic (exact) mass is 356 g/mol. The number of nitrogens with one attached hydrogen (secondary N) is 1. The Kier molecular flexibility index (Phi) is 5.64. The van der Waals surface area contributed by atoms with Gasteiger partial charge in [0.05, 0.1) is 11.2 Å². The second kappa shape index (κ2) is 7.25. The smallest absolute Gasteiger partial charge is 0.194 e. The van der Waals surface area contributed by atoms with Crippen LogP contribution in [0.1, 0.15) is 26.2 Å². The maximum Gasteiger partial charge on any atom is 0.194 e. The fourth-order valence-electron chi connectivity index (χ4n) is 1.84. The van der Waals surface area contributed by atoms with Crippen LogP contribution in [-0.4, -0.2) is 17.6 Å². The number of oxazole rings is 1. The van der Waals surface area contributed by atoms with E-state index in [1.165, 1.54) is 0 Å². The Morgan fingerprint density at radius 3 is 2.90 bits per heavy atom. The van der Waals surface area contributed by atoms with Crippen molar-refractivity contribution in [3.63, 3.8) is 0 Å². The first kappa shape index (κ1) is 15.5. The van der Waals surface area contributed by atoms with Crippen molar-refractivity contribution in [1.29, 1.82) is 0 Å². The summed E-state index contributed by atoms with van der Waals surface area (Å²) in [6.07, 6.45) is 3.62. The first-order valence-electron chi connectivity index (χ1n) is 6.70. The molecule has 1 aromatic carbocycles. The molecule has 0 saturated carbocycles. The van der Waals surface area contributed by atoms with Crippen LogP contribution in [0, 0.1) is 0 Å².